The fourth-order valence-corrected chi connectivity index (χ4v) is 2.43. The van der Waals surface area contributed by atoms with Crippen molar-refractivity contribution in [3.63, 3.8) is 0 Å². The largest absolute Gasteiger partial charge is 0.299 e. The average Bonchev–Trinajstić information content (AvgIpc) is 2.83. The van der Waals surface area contributed by atoms with Gasteiger partial charge in [-0.1, -0.05) is 0 Å². The van der Waals surface area contributed by atoms with E-state index in [1.165, 1.54) is 19.1 Å². The van der Waals surface area contributed by atoms with Crippen molar-refractivity contribution >= 4 is 21.4 Å². The van der Waals surface area contributed by atoms with Gasteiger partial charge in [-0.15, -0.1) is 11.6 Å². The molecule has 1 aliphatic carbocycles. The Labute approximate surface area is 91.3 Å². The second-order valence-electron chi connectivity index (χ2n) is 3.94. The van der Waals surface area contributed by atoms with E-state index in [0.29, 0.717) is 17.7 Å². The van der Waals surface area contributed by atoms with Gasteiger partial charge in [0.2, 0.25) is 0 Å². The normalized spacial score (nSPS) is 17.6. The maximum Gasteiger partial charge on any atom is 0.147 e. The maximum atomic E-state index is 10.9. The van der Waals surface area contributed by atoms with E-state index in [0.717, 1.165) is 19.5 Å². The fraction of sp³-hybridized carbons (Fsp3) is 1.00. The van der Waals surface area contributed by atoms with Crippen molar-refractivity contribution in [3.05, 3.63) is 0 Å². The van der Waals surface area contributed by atoms with Crippen LogP contribution in [0.3, 0.4) is 0 Å². The van der Waals surface area contributed by atoms with Crippen LogP contribution < -0.4 is 0 Å². The molecular formula is C9H18ClNO2S. The summed E-state index contributed by atoms with van der Waals surface area (Å²) >= 11 is 5.68. The van der Waals surface area contributed by atoms with Crippen LogP contribution in [0.5, 0.6) is 0 Å². The Morgan fingerprint density at radius 2 is 2.00 bits per heavy atom. The molecule has 1 aliphatic rings. The summed E-state index contributed by atoms with van der Waals surface area (Å²) in [5, 5.41) is 0. The molecule has 1 rings (SSSR count). The van der Waals surface area contributed by atoms with Gasteiger partial charge in [0.25, 0.3) is 0 Å². The van der Waals surface area contributed by atoms with E-state index in [9.17, 15) is 8.42 Å². The molecule has 0 saturated heterocycles. The highest BCUT2D eigenvalue weighted by atomic mass is 35.5. The van der Waals surface area contributed by atoms with Crippen molar-refractivity contribution in [3.8, 4) is 0 Å². The number of nitrogens with zero attached hydrogens (tertiary/aromatic N) is 1. The van der Waals surface area contributed by atoms with E-state index in [1.54, 1.807) is 0 Å². The highest BCUT2D eigenvalue weighted by Crippen LogP contribution is 2.26. The van der Waals surface area contributed by atoms with Crippen LogP contribution in [0.2, 0.25) is 0 Å². The van der Waals surface area contributed by atoms with Crippen molar-refractivity contribution < 1.29 is 8.42 Å². The van der Waals surface area contributed by atoms with Crippen LogP contribution >= 0.6 is 11.6 Å². The van der Waals surface area contributed by atoms with Crippen LogP contribution in [0.15, 0.2) is 0 Å². The van der Waals surface area contributed by atoms with E-state index in [1.807, 2.05) is 0 Å². The Hall–Kier alpha value is 0.200. The number of rotatable bonds is 7. The second kappa shape index (κ2) is 5.33. The Kier molecular flexibility index (Phi) is 4.67. The van der Waals surface area contributed by atoms with Crippen LogP contribution in [-0.4, -0.2) is 50.3 Å². The number of alkyl halides is 1. The lowest BCUT2D eigenvalue weighted by molar-refractivity contribution is 0.280. The van der Waals surface area contributed by atoms with Crippen molar-refractivity contribution in [2.24, 2.45) is 0 Å². The zero-order valence-electron chi connectivity index (χ0n) is 8.58. The van der Waals surface area contributed by atoms with Gasteiger partial charge < -0.3 is 0 Å². The quantitative estimate of drug-likeness (QED) is 0.625. The Morgan fingerprint density at radius 3 is 2.43 bits per heavy atom. The number of hydrogen-bond donors (Lipinski definition) is 0. The summed E-state index contributed by atoms with van der Waals surface area (Å²) in [5.74, 6) is 0.924. The molecule has 1 saturated carbocycles. The van der Waals surface area contributed by atoms with Crippen LogP contribution in [0.25, 0.3) is 0 Å². The molecule has 1 fully saturated rings. The standard InChI is InChI=1S/C9H18ClNO2S/c1-14(12,13)8-2-6-11(7-5-10)9-3-4-9/h9H,2-8H2,1H3. The van der Waals surface area contributed by atoms with Gasteiger partial charge in [0.1, 0.15) is 9.84 Å². The SMILES string of the molecule is CS(=O)(=O)CCCN(CCCl)C1CC1. The molecule has 0 unspecified atom stereocenters. The van der Waals surface area contributed by atoms with Crippen molar-refractivity contribution in [1.29, 1.82) is 0 Å². The van der Waals surface area contributed by atoms with E-state index in [4.69, 9.17) is 11.6 Å². The minimum Gasteiger partial charge on any atom is -0.299 e. The van der Waals surface area contributed by atoms with Gasteiger partial charge in [-0.25, -0.2) is 8.42 Å². The molecule has 0 bridgehead atoms. The first-order chi connectivity index (χ1) is 6.53. The predicted octanol–water partition coefficient (Wildman–Crippen LogP) is 1.12. The summed E-state index contributed by atoms with van der Waals surface area (Å²) < 4.78 is 21.8. The first kappa shape index (κ1) is 12.3. The lowest BCUT2D eigenvalue weighted by atomic mass is 10.4. The maximum absolute atomic E-state index is 10.9. The zero-order valence-corrected chi connectivity index (χ0v) is 10.1. The van der Waals surface area contributed by atoms with Gasteiger partial charge in [-0.3, -0.25) is 4.90 Å². The first-order valence-electron chi connectivity index (χ1n) is 5.00. The summed E-state index contributed by atoms with van der Waals surface area (Å²) in [4.78, 5) is 2.30. The molecule has 0 atom stereocenters. The van der Waals surface area contributed by atoms with E-state index in [-0.39, 0.29) is 0 Å². The number of halogens is 1. The minimum absolute atomic E-state index is 0.290. The Morgan fingerprint density at radius 1 is 1.36 bits per heavy atom. The molecule has 0 amide bonds. The molecule has 3 nitrogen and oxygen atoms in total. The van der Waals surface area contributed by atoms with Gasteiger partial charge in [0.15, 0.2) is 0 Å². The summed E-state index contributed by atoms with van der Waals surface area (Å²) in [5.41, 5.74) is 0. The minimum atomic E-state index is -2.80. The molecule has 0 aliphatic heterocycles. The van der Waals surface area contributed by atoms with Gasteiger partial charge in [-0.05, 0) is 25.8 Å². The third-order valence-electron chi connectivity index (χ3n) is 2.40. The van der Waals surface area contributed by atoms with E-state index >= 15 is 0 Å². The number of hydrogen-bond acceptors (Lipinski definition) is 3. The summed E-state index contributed by atoms with van der Waals surface area (Å²) in [6, 6.07) is 0.674. The first-order valence-corrected chi connectivity index (χ1v) is 7.60. The highest BCUT2D eigenvalue weighted by Gasteiger charge is 2.27. The van der Waals surface area contributed by atoms with Crippen LogP contribution in [0.4, 0.5) is 0 Å². The van der Waals surface area contributed by atoms with Crippen LogP contribution in [0, 0.1) is 0 Å². The average molecular weight is 240 g/mol. The lowest BCUT2D eigenvalue weighted by Gasteiger charge is -2.20. The molecule has 84 valence electrons. The Bertz CT molecular complexity index is 262. The summed E-state index contributed by atoms with van der Waals surface area (Å²) in [7, 11) is -2.80. The smallest absolute Gasteiger partial charge is 0.147 e. The molecule has 0 aromatic rings. The van der Waals surface area contributed by atoms with Crippen LogP contribution in [-0.2, 0) is 9.84 Å². The second-order valence-corrected chi connectivity index (χ2v) is 6.58. The lowest BCUT2D eigenvalue weighted by Crippen LogP contribution is -2.30. The summed E-state index contributed by atoms with van der Waals surface area (Å²) in [6.07, 6.45) is 4.51. The molecule has 0 heterocycles. The van der Waals surface area contributed by atoms with Crippen molar-refractivity contribution in [2.75, 3.05) is 31.0 Å². The monoisotopic (exact) mass is 239 g/mol. The summed E-state index contributed by atoms with van der Waals surface area (Å²) in [6.45, 7) is 1.75. The van der Waals surface area contributed by atoms with Crippen LogP contribution in [0.1, 0.15) is 19.3 Å². The molecule has 0 N–H and O–H groups in total. The third-order valence-corrected chi connectivity index (χ3v) is 3.59. The molecule has 0 radical (unpaired) electrons. The third kappa shape index (κ3) is 5.17. The molecular weight excluding hydrogens is 222 g/mol. The van der Waals surface area contributed by atoms with Gasteiger partial charge >= 0.3 is 0 Å². The van der Waals surface area contributed by atoms with E-state index < -0.39 is 9.84 Å². The van der Waals surface area contributed by atoms with Gasteiger partial charge in [0, 0.05) is 24.7 Å². The van der Waals surface area contributed by atoms with Gasteiger partial charge in [0.05, 0.1) is 5.75 Å². The predicted molar refractivity (Wildman–Crippen MR) is 59.6 cm³/mol. The number of sulfone groups is 1. The van der Waals surface area contributed by atoms with E-state index in [2.05, 4.69) is 4.90 Å². The Balaban J connectivity index is 2.19. The topological polar surface area (TPSA) is 37.4 Å². The zero-order chi connectivity index (χ0) is 10.6. The highest BCUT2D eigenvalue weighted by molar-refractivity contribution is 7.90. The molecule has 14 heavy (non-hydrogen) atoms. The molecule has 0 spiro atoms. The van der Waals surface area contributed by atoms with Crippen molar-refractivity contribution in [1.82, 2.24) is 4.90 Å². The molecule has 5 heteroatoms. The van der Waals surface area contributed by atoms with Gasteiger partial charge in [-0.2, -0.15) is 0 Å². The molecule has 0 aromatic heterocycles. The fourth-order valence-electron chi connectivity index (χ4n) is 1.56. The molecule has 0 aromatic carbocycles. The van der Waals surface area contributed by atoms with Crippen molar-refractivity contribution in [2.45, 2.75) is 25.3 Å².